The molecule has 0 aromatic carbocycles. The van der Waals surface area contributed by atoms with Crippen LogP contribution in [0.2, 0.25) is 0 Å². The number of nitrogens with two attached hydrogens (primary N) is 1. The summed E-state index contributed by atoms with van der Waals surface area (Å²) >= 11 is 0. The van der Waals surface area contributed by atoms with Crippen LogP contribution < -0.4 is 11.1 Å². The summed E-state index contributed by atoms with van der Waals surface area (Å²) in [5, 5.41) is 46.4. The van der Waals surface area contributed by atoms with Crippen LogP contribution in [0.15, 0.2) is 0 Å². The monoisotopic (exact) mass is 266 g/mol. The van der Waals surface area contributed by atoms with Gasteiger partial charge in [-0.1, -0.05) is 0 Å². The summed E-state index contributed by atoms with van der Waals surface area (Å²) in [5.74, 6) is -3.22. The molecule has 0 spiro atoms. The van der Waals surface area contributed by atoms with Gasteiger partial charge in [-0.15, -0.1) is 0 Å². The second-order valence-corrected chi connectivity index (χ2v) is 3.36. The number of hydrogen-bond donors (Lipinski definition) is 7. The van der Waals surface area contributed by atoms with Gasteiger partial charge in [0.2, 0.25) is 0 Å². The number of carbonyl (C=O) groups excluding carboxylic acids is 3. The van der Waals surface area contributed by atoms with E-state index in [9.17, 15) is 29.7 Å². The zero-order chi connectivity index (χ0) is 14.5. The highest BCUT2D eigenvalue weighted by Gasteiger charge is 2.37. The van der Waals surface area contributed by atoms with Gasteiger partial charge in [0.25, 0.3) is 11.7 Å². The largest absolute Gasteiger partial charge is 0.394 e. The molecule has 0 unspecified atom stereocenters. The van der Waals surface area contributed by atoms with Crippen molar-refractivity contribution in [3.63, 3.8) is 0 Å². The topological polar surface area (TPSA) is 190 Å². The van der Waals surface area contributed by atoms with Crippen LogP contribution in [0.25, 0.3) is 0 Å². The second kappa shape index (κ2) is 6.98. The number of rotatable bonds is 6. The minimum atomic E-state index is -2.39. The Morgan fingerprint density at radius 3 is 1.94 bits per heavy atom. The lowest BCUT2D eigenvalue weighted by Gasteiger charge is -2.24. The van der Waals surface area contributed by atoms with Crippen LogP contribution >= 0.6 is 0 Å². The number of hydrogen-bond acceptors (Lipinski definition) is 8. The van der Waals surface area contributed by atoms with Gasteiger partial charge in [-0.05, 0) is 0 Å². The quantitative estimate of drug-likeness (QED) is 0.233. The molecule has 10 nitrogen and oxygen atoms in total. The van der Waals surface area contributed by atoms with Gasteiger partial charge >= 0.3 is 6.03 Å². The molecule has 0 fully saturated rings. The van der Waals surface area contributed by atoms with Crippen molar-refractivity contribution < 1.29 is 39.9 Å². The van der Waals surface area contributed by atoms with Gasteiger partial charge in [0.15, 0.2) is 6.10 Å². The molecule has 0 bridgehead atoms. The van der Waals surface area contributed by atoms with Crippen molar-refractivity contribution in [2.45, 2.75) is 24.4 Å². The Morgan fingerprint density at radius 1 is 1.06 bits per heavy atom. The SMILES string of the molecule is NC(=O)NC(=O)C(=O)[C@H](O)[C@@H](O)[C@H](O)[C@H](O)CO. The lowest BCUT2D eigenvalue weighted by atomic mass is 10.00. The molecule has 4 atom stereocenters. The Kier molecular flexibility index (Phi) is 6.36. The molecule has 0 rings (SSSR count). The number of primary amides is 1. The van der Waals surface area contributed by atoms with E-state index in [1.54, 1.807) is 0 Å². The number of ketones is 1. The molecule has 18 heavy (non-hydrogen) atoms. The molecule has 8 N–H and O–H groups in total. The lowest BCUT2D eigenvalue weighted by Crippen LogP contribution is -2.53. The predicted octanol–water partition coefficient (Wildman–Crippen LogP) is -4.81. The highest BCUT2D eigenvalue weighted by Crippen LogP contribution is 2.06. The summed E-state index contributed by atoms with van der Waals surface area (Å²) in [7, 11) is 0. The van der Waals surface area contributed by atoms with Crippen LogP contribution in [0.5, 0.6) is 0 Å². The molecule has 0 aromatic rings. The summed E-state index contributed by atoms with van der Waals surface area (Å²) in [4.78, 5) is 32.4. The maximum Gasteiger partial charge on any atom is 0.319 e. The van der Waals surface area contributed by atoms with E-state index in [0.29, 0.717) is 0 Å². The third-order valence-electron chi connectivity index (χ3n) is 1.98. The number of amides is 3. The molecule has 0 aliphatic heterocycles. The Balaban J connectivity index is 4.63. The maximum atomic E-state index is 11.2. The van der Waals surface area contributed by atoms with Crippen LogP contribution in [-0.2, 0) is 9.59 Å². The average Bonchev–Trinajstić information content (AvgIpc) is 2.33. The molecule has 3 amide bonds. The molecule has 0 saturated carbocycles. The zero-order valence-electron chi connectivity index (χ0n) is 9.05. The molecular formula is C8H14N2O8. The van der Waals surface area contributed by atoms with Crippen LogP contribution in [0.3, 0.4) is 0 Å². The van der Waals surface area contributed by atoms with Crippen LogP contribution in [0.4, 0.5) is 4.79 Å². The summed E-state index contributed by atoms with van der Waals surface area (Å²) in [6.45, 7) is -0.938. The summed E-state index contributed by atoms with van der Waals surface area (Å²) in [6, 6.07) is -1.34. The van der Waals surface area contributed by atoms with E-state index in [4.69, 9.17) is 10.2 Å². The number of urea groups is 1. The maximum absolute atomic E-state index is 11.2. The molecule has 0 radical (unpaired) electrons. The number of aliphatic hydroxyl groups excluding tert-OH is 5. The third kappa shape index (κ3) is 4.35. The summed E-state index contributed by atoms with van der Waals surface area (Å²) in [5.41, 5.74) is 4.55. The fraction of sp³-hybridized carbons (Fsp3) is 0.625. The zero-order valence-corrected chi connectivity index (χ0v) is 9.05. The molecule has 0 aromatic heterocycles. The van der Waals surface area contributed by atoms with Gasteiger partial charge in [-0.3, -0.25) is 14.9 Å². The number of aliphatic hydroxyl groups is 5. The first-order valence-electron chi connectivity index (χ1n) is 4.70. The van der Waals surface area contributed by atoms with Gasteiger partial charge in [0.1, 0.15) is 18.3 Å². The van der Waals surface area contributed by atoms with Crippen molar-refractivity contribution in [1.29, 1.82) is 0 Å². The molecule has 10 heteroatoms. The highest BCUT2D eigenvalue weighted by molar-refractivity contribution is 6.40. The first-order chi connectivity index (χ1) is 8.22. The van der Waals surface area contributed by atoms with E-state index in [1.165, 1.54) is 5.32 Å². The van der Waals surface area contributed by atoms with Crippen molar-refractivity contribution in [2.24, 2.45) is 5.73 Å². The predicted molar refractivity (Wildman–Crippen MR) is 53.8 cm³/mol. The van der Waals surface area contributed by atoms with Crippen LogP contribution in [0, 0.1) is 0 Å². The summed E-state index contributed by atoms with van der Waals surface area (Å²) in [6.07, 6.45) is -8.49. The highest BCUT2D eigenvalue weighted by atomic mass is 16.4. The number of nitrogens with one attached hydrogen (secondary N) is 1. The Labute approximate surface area is 101 Å². The molecular weight excluding hydrogens is 252 g/mol. The van der Waals surface area contributed by atoms with Crippen molar-refractivity contribution in [1.82, 2.24) is 5.32 Å². The average molecular weight is 266 g/mol. The van der Waals surface area contributed by atoms with Gasteiger partial charge < -0.3 is 31.3 Å². The molecule has 0 heterocycles. The van der Waals surface area contributed by atoms with Crippen molar-refractivity contribution in [2.75, 3.05) is 6.61 Å². The Morgan fingerprint density at radius 2 is 1.56 bits per heavy atom. The van der Waals surface area contributed by atoms with Crippen molar-refractivity contribution in [3.8, 4) is 0 Å². The minimum absolute atomic E-state index is 0.938. The smallest absolute Gasteiger partial charge is 0.319 e. The summed E-state index contributed by atoms with van der Waals surface area (Å²) < 4.78 is 0. The number of imide groups is 1. The minimum Gasteiger partial charge on any atom is -0.394 e. The van der Waals surface area contributed by atoms with Gasteiger partial charge in [-0.2, -0.15) is 0 Å². The molecule has 0 aliphatic carbocycles. The van der Waals surface area contributed by atoms with Gasteiger partial charge in [-0.25, -0.2) is 4.79 Å². The molecule has 0 saturated heterocycles. The Bertz CT molecular complexity index is 333. The molecule has 104 valence electrons. The van der Waals surface area contributed by atoms with E-state index < -0.39 is 48.7 Å². The van der Waals surface area contributed by atoms with E-state index in [0.717, 1.165) is 0 Å². The standard InChI is InChI=1S/C8H14N2O8/c9-8(18)10-7(17)6(16)5(15)4(14)3(13)2(12)1-11/h2-5,11-15H,1H2,(H3,9,10,17,18)/t2-,3-,4+,5-/m1/s1. The van der Waals surface area contributed by atoms with Crippen molar-refractivity contribution >= 4 is 17.7 Å². The normalized spacial score (nSPS) is 17.4. The fourth-order valence-corrected chi connectivity index (χ4v) is 0.985. The van der Waals surface area contributed by atoms with Gasteiger partial charge in [0.05, 0.1) is 6.61 Å². The number of Topliss-reactive ketones (excluding diaryl/α,β-unsaturated/α-hetero) is 1. The van der Waals surface area contributed by atoms with Crippen LogP contribution in [0.1, 0.15) is 0 Å². The van der Waals surface area contributed by atoms with Crippen molar-refractivity contribution in [3.05, 3.63) is 0 Å². The first kappa shape index (κ1) is 16.4. The second-order valence-electron chi connectivity index (χ2n) is 3.36. The lowest BCUT2D eigenvalue weighted by molar-refractivity contribution is -0.154. The molecule has 0 aliphatic rings. The van der Waals surface area contributed by atoms with E-state index >= 15 is 0 Å². The third-order valence-corrected chi connectivity index (χ3v) is 1.98. The first-order valence-corrected chi connectivity index (χ1v) is 4.70. The van der Waals surface area contributed by atoms with E-state index in [-0.39, 0.29) is 0 Å². The van der Waals surface area contributed by atoms with Gasteiger partial charge in [0, 0.05) is 0 Å². The van der Waals surface area contributed by atoms with E-state index in [2.05, 4.69) is 5.73 Å². The Hall–Kier alpha value is -1.59. The number of carbonyl (C=O) groups is 3. The fourth-order valence-electron chi connectivity index (χ4n) is 0.985. The van der Waals surface area contributed by atoms with E-state index in [1.807, 2.05) is 0 Å². The van der Waals surface area contributed by atoms with Crippen LogP contribution in [-0.4, -0.2) is 74.3 Å².